The zero-order valence-corrected chi connectivity index (χ0v) is 12.4. The van der Waals surface area contributed by atoms with Gasteiger partial charge in [0.1, 0.15) is 5.60 Å². The molecule has 0 aromatic heterocycles. The summed E-state index contributed by atoms with van der Waals surface area (Å²) in [7, 11) is 0. The maximum Gasteiger partial charge on any atom is 0.178 e. The first kappa shape index (κ1) is 13.5. The van der Waals surface area contributed by atoms with Gasteiger partial charge in [-0.15, -0.1) is 0 Å². The molecule has 4 aliphatic carbocycles. The van der Waals surface area contributed by atoms with Gasteiger partial charge in [0.2, 0.25) is 0 Å². The number of rotatable bonds is 0. The van der Waals surface area contributed by atoms with Crippen molar-refractivity contribution in [3.05, 3.63) is 35.5 Å². The van der Waals surface area contributed by atoms with Gasteiger partial charge in [0.15, 0.2) is 5.78 Å². The van der Waals surface area contributed by atoms with Gasteiger partial charge in [-0.2, -0.15) is 0 Å². The molecule has 0 spiro atoms. The lowest BCUT2D eigenvalue weighted by Gasteiger charge is -2.50. The molecule has 112 valence electrons. The van der Waals surface area contributed by atoms with E-state index in [1.165, 1.54) is 6.08 Å². The molecule has 0 aromatic carbocycles. The van der Waals surface area contributed by atoms with Crippen LogP contribution in [0.1, 0.15) is 39.0 Å². The standard InChI is InChI=1S/C18H22O3/c1-17-8-7-15-13(14(17)4-5-16(17)20)3-2-11-10-12(19)6-9-18(11,15)21/h6-7,9-10,13-14,16,20-21H,2-5,8H2,1H3. The molecule has 0 bridgehead atoms. The lowest BCUT2D eigenvalue weighted by Crippen LogP contribution is -2.48. The van der Waals surface area contributed by atoms with Gasteiger partial charge in [0.25, 0.3) is 0 Å². The number of hydrogen-bond acceptors (Lipinski definition) is 3. The fourth-order valence-corrected chi connectivity index (χ4v) is 5.18. The molecule has 2 N–H and O–H groups in total. The van der Waals surface area contributed by atoms with Crippen molar-refractivity contribution in [1.29, 1.82) is 0 Å². The minimum absolute atomic E-state index is 0.0225. The molecule has 3 heteroatoms. The molecule has 21 heavy (non-hydrogen) atoms. The normalized spacial score (nSPS) is 48.1. The molecule has 2 fully saturated rings. The lowest BCUT2D eigenvalue weighted by molar-refractivity contribution is -0.110. The van der Waals surface area contributed by atoms with Crippen molar-refractivity contribution in [2.24, 2.45) is 17.3 Å². The third-order valence-electron chi connectivity index (χ3n) is 6.47. The first-order chi connectivity index (χ1) is 9.95. The summed E-state index contributed by atoms with van der Waals surface area (Å²) in [5.41, 5.74) is 0.825. The highest BCUT2D eigenvalue weighted by atomic mass is 16.3. The van der Waals surface area contributed by atoms with E-state index in [1.807, 2.05) is 0 Å². The summed E-state index contributed by atoms with van der Waals surface area (Å²) in [5, 5.41) is 21.5. The second kappa shape index (κ2) is 4.17. The van der Waals surface area contributed by atoms with Gasteiger partial charge in [0.05, 0.1) is 6.10 Å². The average Bonchev–Trinajstić information content (AvgIpc) is 2.76. The van der Waals surface area contributed by atoms with E-state index < -0.39 is 5.60 Å². The first-order valence-corrected chi connectivity index (χ1v) is 8.00. The van der Waals surface area contributed by atoms with Crippen LogP contribution in [0.3, 0.4) is 0 Å². The molecule has 0 aromatic rings. The zero-order chi connectivity index (χ0) is 14.8. The number of ketones is 1. The van der Waals surface area contributed by atoms with E-state index in [1.54, 1.807) is 12.2 Å². The molecular weight excluding hydrogens is 264 g/mol. The van der Waals surface area contributed by atoms with Crippen LogP contribution in [-0.2, 0) is 4.79 Å². The van der Waals surface area contributed by atoms with Crippen molar-refractivity contribution < 1.29 is 15.0 Å². The van der Waals surface area contributed by atoms with Gasteiger partial charge in [0, 0.05) is 5.41 Å². The van der Waals surface area contributed by atoms with Crippen LogP contribution in [0.2, 0.25) is 0 Å². The predicted molar refractivity (Wildman–Crippen MR) is 79.4 cm³/mol. The summed E-state index contributed by atoms with van der Waals surface area (Å²) in [6.07, 6.45) is 11.2. The van der Waals surface area contributed by atoms with E-state index in [9.17, 15) is 15.0 Å². The van der Waals surface area contributed by atoms with Crippen molar-refractivity contribution in [3.63, 3.8) is 0 Å². The van der Waals surface area contributed by atoms with Crippen molar-refractivity contribution in [2.75, 3.05) is 0 Å². The largest absolute Gasteiger partial charge is 0.393 e. The van der Waals surface area contributed by atoms with E-state index in [4.69, 9.17) is 0 Å². The third-order valence-corrected chi connectivity index (χ3v) is 6.47. The molecule has 0 saturated heterocycles. The molecule has 0 amide bonds. The van der Waals surface area contributed by atoms with Crippen LogP contribution in [0.4, 0.5) is 0 Å². The summed E-state index contributed by atoms with van der Waals surface area (Å²) in [6, 6.07) is 0. The lowest BCUT2D eigenvalue weighted by atomic mass is 9.56. The highest BCUT2D eigenvalue weighted by Crippen LogP contribution is 2.59. The third kappa shape index (κ3) is 1.65. The minimum atomic E-state index is -1.05. The predicted octanol–water partition coefficient (Wildman–Crippen LogP) is 2.30. The second-order valence-electron chi connectivity index (χ2n) is 7.39. The van der Waals surface area contributed by atoms with Crippen molar-refractivity contribution in [3.8, 4) is 0 Å². The number of carbonyl (C=O) groups is 1. The van der Waals surface area contributed by atoms with Gasteiger partial charge in [-0.25, -0.2) is 0 Å². The van der Waals surface area contributed by atoms with Gasteiger partial charge < -0.3 is 10.2 Å². The Kier molecular flexibility index (Phi) is 2.68. The number of aliphatic hydroxyl groups excluding tert-OH is 1. The molecule has 0 radical (unpaired) electrons. The number of aliphatic hydroxyl groups is 2. The summed E-state index contributed by atoms with van der Waals surface area (Å²) >= 11 is 0. The highest BCUT2D eigenvalue weighted by molar-refractivity contribution is 6.01. The molecule has 5 atom stereocenters. The summed E-state index contributed by atoms with van der Waals surface area (Å²) in [6.45, 7) is 2.19. The van der Waals surface area contributed by atoms with Crippen molar-refractivity contribution >= 4 is 5.78 Å². The zero-order valence-electron chi connectivity index (χ0n) is 12.4. The Bertz CT molecular complexity index is 600. The van der Waals surface area contributed by atoms with Gasteiger partial charge in [-0.1, -0.05) is 13.0 Å². The van der Waals surface area contributed by atoms with Crippen LogP contribution >= 0.6 is 0 Å². The van der Waals surface area contributed by atoms with Crippen LogP contribution in [0.15, 0.2) is 35.5 Å². The van der Waals surface area contributed by atoms with Gasteiger partial charge in [-0.05, 0) is 73.3 Å². The van der Waals surface area contributed by atoms with Crippen LogP contribution in [0.25, 0.3) is 0 Å². The second-order valence-corrected chi connectivity index (χ2v) is 7.39. The fourth-order valence-electron chi connectivity index (χ4n) is 5.18. The Balaban J connectivity index is 1.78. The average molecular weight is 286 g/mol. The van der Waals surface area contributed by atoms with Gasteiger partial charge >= 0.3 is 0 Å². The van der Waals surface area contributed by atoms with E-state index in [0.717, 1.165) is 43.3 Å². The molecule has 2 saturated carbocycles. The topological polar surface area (TPSA) is 57.5 Å². The maximum absolute atomic E-state index is 11.6. The molecule has 0 heterocycles. The Morgan fingerprint density at radius 3 is 2.90 bits per heavy atom. The van der Waals surface area contributed by atoms with E-state index in [2.05, 4.69) is 13.0 Å². The summed E-state index contributed by atoms with van der Waals surface area (Å²) < 4.78 is 0. The smallest absolute Gasteiger partial charge is 0.178 e. The Morgan fingerprint density at radius 1 is 1.29 bits per heavy atom. The summed E-state index contributed by atoms with van der Waals surface area (Å²) in [4.78, 5) is 11.6. The van der Waals surface area contributed by atoms with E-state index >= 15 is 0 Å². The minimum Gasteiger partial charge on any atom is -0.393 e. The molecule has 5 unspecified atom stereocenters. The Hall–Kier alpha value is -1.19. The van der Waals surface area contributed by atoms with Crippen LogP contribution in [0, 0.1) is 17.3 Å². The Labute approximate surface area is 125 Å². The fraction of sp³-hybridized carbons (Fsp3) is 0.611. The molecule has 0 aliphatic heterocycles. The molecular formula is C18H22O3. The molecule has 4 aliphatic rings. The summed E-state index contributed by atoms with van der Waals surface area (Å²) in [5.74, 6) is 0.760. The Morgan fingerprint density at radius 2 is 2.10 bits per heavy atom. The molecule has 4 rings (SSSR count). The number of hydrogen-bond donors (Lipinski definition) is 2. The number of fused-ring (bicyclic) bond motifs is 5. The number of carbonyl (C=O) groups excluding carboxylic acids is 1. The number of allylic oxidation sites excluding steroid dienone is 3. The quantitative estimate of drug-likeness (QED) is 0.672. The maximum atomic E-state index is 11.6. The van der Waals surface area contributed by atoms with Crippen LogP contribution in [0.5, 0.6) is 0 Å². The van der Waals surface area contributed by atoms with E-state index in [0.29, 0.717) is 11.8 Å². The van der Waals surface area contributed by atoms with E-state index in [-0.39, 0.29) is 17.3 Å². The molecule has 3 nitrogen and oxygen atoms in total. The monoisotopic (exact) mass is 286 g/mol. The van der Waals surface area contributed by atoms with Crippen molar-refractivity contribution in [1.82, 2.24) is 0 Å². The SMILES string of the molecule is CC12CC=C3C(CCC4=CC(=O)C=CC43O)C1CCC2O. The first-order valence-electron chi connectivity index (χ1n) is 8.00. The highest BCUT2D eigenvalue weighted by Gasteiger charge is 2.55. The van der Waals surface area contributed by atoms with Gasteiger partial charge in [-0.3, -0.25) is 4.79 Å². The van der Waals surface area contributed by atoms with Crippen molar-refractivity contribution in [2.45, 2.75) is 50.7 Å². The van der Waals surface area contributed by atoms with Crippen LogP contribution in [-0.4, -0.2) is 27.7 Å². The van der Waals surface area contributed by atoms with Crippen LogP contribution < -0.4 is 0 Å².